The normalized spacial score (nSPS) is 14.9. The summed E-state index contributed by atoms with van der Waals surface area (Å²) in [4.78, 5) is 98.2. The zero-order valence-electron chi connectivity index (χ0n) is 39.1. The number of benzene rings is 3. The molecule has 17 heteroatoms. The lowest BCUT2D eigenvalue weighted by atomic mass is 10.00. The van der Waals surface area contributed by atoms with Crippen LogP contribution in [0.4, 0.5) is 0 Å². The SMILES string of the molecule is C=C(C)C(=O)OCCOC(=O)C(C(C)=O)=C1Sc2c(OC(=O)C(CC)CCCC)c3c(c(OC(=O)C(CC)CCCC)c2S1)SC(=C1C(=O)N(Cc2ccccc2)N(Cc2ccccc2)C1=O)S3. The molecule has 2 unspecified atom stereocenters. The maximum absolute atomic E-state index is 14.7. The smallest absolute Gasteiger partial charge is 0.343 e. The zero-order chi connectivity index (χ0) is 49.1. The number of carbonyl (C=O) groups excluding carboxylic acids is 7. The van der Waals surface area contributed by atoms with Gasteiger partial charge >= 0.3 is 23.9 Å². The number of unbranched alkanes of at least 4 members (excludes halogenated alkanes) is 2. The number of hydrazine groups is 1. The second kappa shape index (κ2) is 24.4. The first kappa shape index (κ1) is 52.1. The van der Waals surface area contributed by atoms with E-state index in [4.69, 9.17) is 18.9 Å². The van der Waals surface area contributed by atoms with E-state index in [1.807, 2.05) is 88.4 Å². The molecule has 6 rings (SSSR count). The molecule has 0 saturated carbocycles. The van der Waals surface area contributed by atoms with E-state index in [9.17, 15) is 33.6 Å². The van der Waals surface area contributed by atoms with Crippen molar-refractivity contribution in [3.05, 3.63) is 104 Å². The molecule has 13 nitrogen and oxygen atoms in total. The summed E-state index contributed by atoms with van der Waals surface area (Å²) in [7, 11) is 0. The molecule has 2 amide bonds. The van der Waals surface area contributed by atoms with Gasteiger partial charge < -0.3 is 18.9 Å². The molecule has 3 aromatic carbocycles. The fourth-order valence-corrected chi connectivity index (χ4v) is 13.0. The van der Waals surface area contributed by atoms with Gasteiger partial charge in [-0.1, -0.05) is 168 Å². The van der Waals surface area contributed by atoms with Crippen molar-refractivity contribution in [2.45, 2.75) is 126 Å². The van der Waals surface area contributed by atoms with Crippen LogP contribution < -0.4 is 9.47 Å². The molecule has 0 aliphatic carbocycles. The summed E-state index contributed by atoms with van der Waals surface area (Å²) in [6, 6.07) is 18.7. The second-order valence-corrected chi connectivity index (χ2v) is 20.9. The summed E-state index contributed by atoms with van der Waals surface area (Å²) < 4.78 is 23.8. The molecule has 3 heterocycles. The highest BCUT2D eigenvalue weighted by Crippen LogP contribution is 2.69. The number of thioether (sulfide) groups is 4. The van der Waals surface area contributed by atoms with Crippen LogP contribution in [-0.4, -0.2) is 64.7 Å². The minimum atomic E-state index is -0.971. The van der Waals surface area contributed by atoms with Gasteiger partial charge in [0.2, 0.25) is 0 Å². The number of Topliss-reactive ketones (excluding diaryl/α,β-unsaturated/α-hetero) is 1. The lowest BCUT2D eigenvalue weighted by Crippen LogP contribution is -2.39. The quantitative estimate of drug-likeness (QED) is 0.0233. The number of esters is 4. The molecule has 360 valence electrons. The summed E-state index contributed by atoms with van der Waals surface area (Å²) in [5.74, 6) is -5.04. The van der Waals surface area contributed by atoms with Crippen molar-refractivity contribution < 1.29 is 52.5 Å². The highest BCUT2D eigenvalue weighted by molar-refractivity contribution is 8.26. The van der Waals surface area contributed by atoms with Crippen molar-refractivity contribution in [1.82, 2.24) is 10.0 Å². The van der Waals surface area contributed by atoms with Gasteiger partial charge in [0.15, 0.2) is 17.3 Å². The van der Waals surface area contributed by atoms with E-state index in [-0.39, 0.29) is 58.8 Å². The minimum absolute atomic E-state index is 0.0852. The van der Waals surface area contributed by atoms with Crippen LogP contribution in [-0.2, 0) is 56.1 Å². The predicted octanol–water partition coefficient (Wildman–Crippen LogP) is 11.0. The minimum Gasteiger partial charge on any atom is -0.459 e. The Morgan fingerprint density at radius 3 is 1.40 bits per heavy atom. The van der Waals surface area contributed by atoms with Crippen molar-refractivity contribution in [3.8, 4) is 11.5 Å². The van der Waals surface area contributed by atoms with Crippen molar-refractivity contribution in [2.75, 3.05) is 13.2 Å². The number of ether oxygens (including phenoxy) is 4. The van der Waals surface area contributed by atoms with Gasteiger partial charge in [0, 0.05) is 5.57 Å². The number of hydrogen-bond donors (Lipinski definition) is 0. The maximum Gasteiger partial charge on any atom is 0.343 e. The summed E-state index contributed by atoms with van der Waals surface area (Å²) in [6.45, 7) is 13.7. The van der Waals surface area contributed by atoms with E-state index in [0.29, 0.717) is 49.5 Å². The standard InChI is InChI=1S/C51H56N2O11S4/c1-8-12-24-34(10-3)47(58)63-38-40-41(66-50(65-40)36(31(7)54)49(60)62-27-26-61-46(57)30(5)6)39(64-48(59)35(11-4)25-13-9-2)43-42(38)67-51(68-43)37-44(55)52(28-32-20-16-14-17-21-32)53(45(37)56)29-33-22-18-15-19-23-33/h14-23,34-35H,5,8-13,24-29H2,1-4,6-7H3. The lowest BCUT2D eigenvalue weighted by Gasteiger charge is -2.27. The van der Waals surface area contributed by atoms with Gasteiger partial charge in [0.25, 0.3) is 11.8 Å². The predicted molar refractivity (Wildman–Crippen MR) is 263 cm³/mol. The Kier molecular flexibility index (Phi) is 18.7. The molecule has 3 aliphatic rings. The zero-order valence-corrected chi connectivity index (χ0v) is 42.4. The molecule has 0 spiro atoms. The molecule has 3 aliphatic heterocycles. The topological polar surface area (TPSA) is 163 Å². The van der Waals surface area contributed by atoms with Gasteiger partial charge in [-0.05, 0) is 50.7 Å². The first-order valence-electron chi connectivity index (χ1n) is 22.8. The maximum atomic E-state index is 14.7. The van der Waals surface area contributed by atoms with Crippen LogP contribution >= 0.6 is 47.0 Å². The van der Waals surface area contributed by atoms with Crippen molar-refractivity contribution in [1.29, 1.82) is 0 Å². The van der Waals surface area contributed by atoms with Gasteiger partial charge in [-0.2, -0.15) is 0 Å². The Morgan fingerprint density at radius 1 is 0.603 bits per heavy atom. The van der Waals surface area contributed by atoms with Gasteiger partial charge in [-0.3, -0.25) is 24.0 Å². The van der Waals surface area contributed by atoms with E-state index < -0.39 is 53.3 Å². The molecule has 2 atom stereocenters. The second-order valence-electron chi connectivity index (χ2n) is 16.4. The molecule has 0 aromatic heterocycles. The molecule has 0 N–H and O–H groups in total. The third kappa shape index (κ3) is 12.1. The van der Waals surface area contributed by atoms with E-state index in [0.717, 1.165) is 83.9 Å². The highest BCUT2D eigenvalue weighted by atomic mass is 32.2. The number of ketones is 1. The first-order valence-corrected chi connectivity index (χ1v) is 26.1. The Balaban J connectivity index is 1.50. The summed E-state index contributed by atoms with van der Waals surface area (Å²) in [5.41, 5.74) is 1.41. The molecule has 1 saturated heterocycles. The van der Waals surface area contributed by atoms with Crippen LogP contribution in [0.5, 0.6) is 11.5 Å². The van der Waals surface area contributed by atoms with Crippen LogP contribution in [0.2, 0.25) is 0 Å². The Hall–Kier alpha value is -5.23. The van der Waals surface area contributed by atoms with Crippen LogP contribution in [0.3, 0.4) is 0 Å². The van der Waals surface area contributed by atoms with E-state index >= 15 is 0 Å². The lowest BCUT2D eigenvalue weighted by molar-refractivity contribution is -0.149. The molecular formula is C51H56N2O11S4. The largest absolute Gasteiger partial charge is 0.459 e. The van der Waals surface area contributed by atoms with Gasteiger partial charge in [-0.25, -0.2) is 19.6 Å². The van der Waals surface area contributed by atoms with E-state index in [1.165, 1.54) is 23.9 Å². The van der Waals surface area contributed by atoms with Crippen LogP contribution in [0.15, 0.2) is 112 Å². The summed E-state index contributed by atoms with van der Waals surface area (Å²) in [6.07, 6.45) is 5.44. The monoisotopic (exact) mass is 1000 g/mol. The number of fused-ring (bicyclic) bond motifs is 2. The number of rotatable bonds is 22. The van der Waals surface area contributed by atoms with Crippen LogP contribution in [0.1, 0.15) is 104 Å². The molecule has 0 bridgehead atoms. The molecule has 1 fully saturated rings. The Labute approximate surface area is 414 Å². The van der Waals surface area contributed by atoms with Crippen molar-refractivity contribution in [3.63, 3.8) is 0 Å². The van der Waals surface area contributed by atoms with Gasteiger partial charge in [-0.15, -0.1) is 0 Å². The number of hydrogen-bond acceptors (Lipinski definition) is 15. The van der Waals surface area contributed by atoms with Crippen molar-refractivity contribution in [2.24, 2.45) is 11.8 Å². The fourth-order valence-electron chi connectivity index (χ4n) is 7.44. The van der Waals surface area contributed by atoms with E-state index in [1.54, 1.807) is 0 Å². The molecule has 3 aromatic rings. The Bertz CT molecular complexity index is 2390. The average molecular weight is 1000 g/mol. The summed E-state index contributed by atoms with van der Waals surface area (Å²) >= 11 is 4.13. The summed E-state index contributed by atoms with van der Waals surface area (Å²) in [5, 5.41) is 2.88. The average Bonchev–Trinajstić information content (AvgIpc) is 4.01. The Morgan fingerprint density at radius 2 is 1.01 bits per heavy atom. The number of nitrogens with zero attached hydrogens (tertiary/aromatic N) is 2. The number of amides is 2. The van der Waals surface area contributed by atoms with Gasteiger partial charge in [0.1, 0.15) is 24.4 Å². The van der Waals surface area contributed by atoms with Crippen molar-refractivity contribution >= 4 is 88.5 Å². The van der Waals surface area contributed by atoms with E-state index in [2.05, 4.69) is 6.58 Å². The molecule has 68 heavy (non-hydrogen) atoms. The third-order valence-electron chi connectivity index (χ3n) is 11.3. The fraction of sp³-hybridized carbons (Fsp3) is 0.392. The highest BCUT2D eigenvalue weighted by Gasteiger charge is 2.47. The van der Waals surface area contributed by atoms with Gasteiger partial charge in [0.05, 0.1) is 53.0 Å². The third-order valence-corrected chi connectivity index (χ3v) is 16.5. The molecule has 0 radical (unpaired) electrons. The molecular weight excluding hydrogens is 945 g/mol. The van der Waals surface area contributed by atoms with Crippen LogP contribution in [0.25, 0.3) is 0 Å². The first-order chi connectivity index (χ1) is 32.7. The van der Waals surface area contributed by atoms with Crippen LogP contribution in [0, 0.1) is 11.8 Å². The number of carbonyl (C=O) groups is 7.